The van der Waals surface area contributed by atoms with Crippen molar-refractivity contribution in [1.82, 2.24) is 5.48 Å². The van der Waals surface area contributed by atoms with Crippen LogP contribution in [-0.2, 0) is 11.4 Å². The summed E-state index contributed by atoms with van der Waals surface area (Å²) in [4.78, 5) is 4.73. The fourth-order valence-corrected chi connectivity index (χ4v) is 0.955. The lowest BCUT2D eigenvalue weighted by atomic mass is 10.1. The third kappa shape index (κ3) is 2.22. The van der Waals surface area contributed by atoms with Gasteiger partial charge in [-0.1, -0.05) is 12.1 Å². The summed E-state index contributed by atoms with van der Waals surface area (Å²) in [6.07, 6.45) is 0. The van der Waals surface area contributed by atoms with Crippen molar-refractivity contribution in [2.45, 2.75) is 13.5 Å². The Morgan fingerprint density at radius 3 is 2.83 bits per heavy atom. The number of nitrogen functional groups attached to an aromatic ring is 1. The quantitative estimate of drug-likeness (QED) is 0.524. The summed E-state index contributed by atoms with van der Waals surface area (Å²) in [6.45, 7) is 2.67. The second kappa shape index (κ2) is 4.09. The molecule has 0 aromatic heterocycles. The molecule has 0 aliphatic carbocycles. The van der Waals surface area contributed by atoms with Crippen LogP contribution < -0.4 is 11.2 Å². The Balaban J connectivity index is 2.69. The summed E-state index contributed by atoms with van der Waals surface area (Å²) in [6, 6.07) is 5.97. The van der Waals surface area contributed by atoms with Crippen LogP contribution in [0.3, 0.4) is 0 Å². The molecule has 66 valence electrons. The number of aryl methyl sites for hydroxylation is 1. The molecule has 0 saturated carbocycles. The smallest absolute Gasteiger partial charge is 0.0572 e. The van der Waals surface area contributed by atoms with Crippen LogP contribution >= 0.6 is 0 Å². The van der Waals surface area contributed by atoms with E-state index in [1.54, 1.807) is 7.11 Å². The summed E-state index contributed by atoms with van der Waals surface area (Å²) >= 11 is 0. The van der Waals surface area contributed by atoms with Gasteiger partial charge in [0.1, 0.15) is 0 Å². The molecule has 0 amide bonds. The minimum absolute atomic E-state index is 0.682. The van der Waals surface area contributed by atoms with Gasteiger partial charge in [0.2, 0.25) is 0 Å². The van der Waals surface area contributed by atoms with E-state index in [1.807, 2.05) is 25.1 Å². The minimum Gasteiger partial charge on any atom is -0.399 e. The highest BCUT2D eigenvalue weighted by Crippen LogP contribution is 2.12. The monoisotopic (exact) mass is 166 g/mol. The van der Waals surface area contributed by atoms with Crippen molar-refractivity contribution in [3.63, 3.8) is 0 Å². The third-order valence-corrected chi connectivity index (χ3v) is 1.76. The van der Waals surface area contributed by atoms with Crippen LogP contribution in [0.5, 0.6) is 0 Å². The van der Waals surface area contributed by atoms with Gasteiger partial charge in [-0.05, 0) is 24.1 Å². The van der Waals surface area contributed by atoms with Crippen LogP contribution in [-0.4, -0.2) is 7.11 Å². The molecular formula is C9H14N2O. The van der Waals surface area contributed by atoms with Crippen LogP contribution in [0.25, 0.3) is 0 Å². The zero-order chi connectivity index (χ0) is 8.97. The van der Waals surface area contributed by atoms with E-state index in [0.717, 1.165) is 16.8 Å². The molecule has 3 N–H and O–H groups in total. The first kappa shape index (κ1) is 9.03. The molecule has 1 aromatic rings. The van der Waals surface area contributed by atoms with Gasteiger partial charge in [0.15, 0.2) is 0 Å². The molecule has 3 nitrogen and oxygen atoms in total. The average Bonchev–Trinajstić information content (AvgIpc) is 2.07. The van der Waals surface area contributed by atoms with Crippen molar-refractivity contribution in [2.24, 2.45) is 0 Å². The number of hydrogen-bond acceptors (Lipinski definition) is 3. The van der Waals surface area contributed by atoms with Crippen molar-refractivity contribution in [2.75, 3.05) is 12.8 Å². The van der Waals surface area contributed by atoms with Gasteiger partial charge >= 0.3 is 0 Å². The van der Waals surface area contributed by atoms with E-state index in [0.29, 0.717) is 6.54 Å². The van der Waals surface area contributed by atoms with Gasteiger partial charge in [-0.25, -0.2) is 0 Å². The molecule has 12 heavy (non-hydrogen) atoms. The second-order valence-corrected chi connectivity index (χ2v) is 2.72. The van der Waals surface area contributed by atoms with Crippen LogP contribution in [0, 0.1) is 6.92 Å². The lowest BCUT2D eigenvalue weighted by molar-refractivity contribution is 0.0867. The Bertz CT molecular complexity index is 261. The maximum Gasteiger partial charge on any atom is 0.0572 e. The Hall–Kier alpha value is -1.06. The highest BCUT2D eigenvalue weighted by Gasteiger charge is 1.95. The summed E-state index contributed by atoms with van der Waals surface area (Å²) in [5, 5.41) is 0. The molecule has 1 aromatic carbocycles. The molecule has 0 fully saturated rings. The van der Waals surface area contributed by atoms with Gasteiger partial charge < -0.3 is 10.6 Å². The average molecular weight is 166 g/mol. The van der Waals surface area contributed by atoms with Crippen LogP contribution in [0.4, 0.5) is 5.69 Å². The van der Waals surface area contributed by atoms with Crippen molar-refractivity contribution in [3.8, 4) is 0 Å². The first-order valence-electron chi connectivity index (χ1n) is 3.85. The van der Waals surface area contributed by atoms with Crippen LogP contribution in [0.15, 0.2) is 18.2 Å². The highest BCUT2D eigenvalue weighted by molar-refractivity contribution is 5.48. The van der Waals surface area contributed by atoms with Crippen molar-refractivity contribution < 1.29 is 4.84 Å². The van der Waals surface area contributed by atoms with Gasteiger partial charge in [-0.3, -0.25) is 0 Å². The fraction of sp³-hybridized carbons (Fsp3) is 0.333. The summed E-state index contributed by atoms with van der Waals surface area (Å²) in [7, 11) is 1.59. The Labute approximate surface area is 72.5 Å². The molecule has 0 heterocycles. The van der Waals surface area contributed by atoms with E-state index in [4.69, 9.17) is 10.6 Å². The van der Waals surface area contributed by atoms with Gasteiger partial charge in [-0.2, -0.15) is 5.48 Å². The molecular weight excluding hydrogens is 152 g/mol. The standard InChI is InChI=1S/C9H14N2O/c1-7-3-4-8(5-9(7)10)6-11-12-2/h3-5,11H,6,10H2,1-2H3. The molecule has 0 spiro atoms. The molecule has 0 radical (unpaired) electrons. The van der Waals surface area contributed by atoms with E-state index in [2.05, 4.69) is 5.48 Å². The molecule has 0 aliphatic rings. The molecule has 0 atom stereocenters. The normalized spacial score (nSPS) is 10.2. The van der Waals surface area contributed by atoms with Crippen LogP contribution in [0.1, 0.15) is 11.1 Å². The zero-order valence-electron chi connectivity index (χ0n) is 7.42. The maximum atomic E-state index is 5.72. The van der Waals surface area contributed by atoms with E-state index >= 15 is 0 Å². The summed E-state index contributed by atoms with van der Waals surface area (Å²) in [5.74, 6) is 0. The van der Waals surface area contributed by atoms with E-state index < -0.39 is 0 Å². The first-order valence-corrected chi connectivity index (χ1v) is 3.85. The van der Waals surface area contributed by atoms with Gasteiger partial charge in [0.25, 0.3) is 0 Å². The maximum absolute atomic E-state index is 5.72. The molecule has 1 rings (SSSR count). The third-order valence-electron chi connectivity index (χ3n) is 1.76. The predicted octanol–water partition coefficient (Wildman–Crippen LogP) is 1.23. The highest BCUT2D eigenvalue weighted by atomic mass is 16.6. The van der Waals surface area contributed by atoms with Gasteiger partial charge in [0, 0.05) is 12.2 Å². The number of nitrogens with one attached hydrogen (secondary N) is 1. The molecule has 0 unspecified atom stereocenters. The molecule has 0 bridgehead atoms. The molecule has 0 saturated heterocycles. The number of benzene rings is 1. The van der Waals surface area contributed by atoms with Crippen molar-refractivity contribution in [3.05, 3.63) is 29.3 Å². The molecule has 0 aliphatic heterocycles. The van der Waals surface area contributed by atoms with Crippen molar-refractivity contribution >= 4 is 5.69 Å². The minimum atomic E-state index is 0.682. The number of hydrogen-bond donors (Lipinski definition) is 2. The van der Waals surface area contributed by atoms with Crippen LogP contribution in [0.2, 0.25) is 0 Å². The summed E-state index contributed by atoms with van der Waals surface area (Å²) < 4.78 is 0. The largest absolute Gasteiger partial charge is 0.399 e. The van der Waals surface area contributed by atoms with Crippen molar-refractivity contribution in [1.29, 1.82) is 0 Å². The van der Waals surface area contributed by atoms with E-state index in [-0.39, 0.29) is 0 Å². The number of hydroxylamine groups is 1. The van der Waals surface area contributed by atoms with E-state index in [9.17, 15) is 0 Å². The van der Waals surface area contributed by atoms with Gasteiger partial charge in [-0.15, -0.1) is 0 Å². The zero-order valence-corrected chi connectivity index (χ0v) is 7.42. The number of nitrogens with two attached hydrogens (primary N) is 1. The second-order valence-electron chi connectivity index (χ2n) is 2.72. The Morgan fingerprint density at radius 1 is 1.50 bits per heavy atom. The Morgan fingerprint density at radius 2 is 2.25 bits per heavy atom. The number of anilines is 1. The fourth-order valence-electron chi connectivity index (χ4n) is 0.955. The lowest BCUT2D eigenvalue weighted by Crippen LogP contribution is -2.10. The topological polar surface area (TPSA) is 47.3 Å². The first-order chi connectivity index (χ1) is 5.74. The Kier molecular flexibility index (Phi) is 3.08. The predicted molar refractivity (Wildman–Crippen MR) is 49.4 cm³/mol. The van der Waals surface area contributed by atoms with Gasteiger partial charge in [0.05, 0.1) is 7.11 Å². The summed E-state index contributed by atoms with van der Waals surface area (Å²) in [5.41, 5.74) is 11.5. The number of rotatable bonds is 3. The SMILES string of the molecule is CONCc1ccc(C)c(N)c1. The van der Waals surface area contributed by atoms with E-state index in [1.165, 1.54) is 0 Å². The lowest BCUT2D eigenvalue weighted by Gasteiger charge is -2.04. The molecule has 3 heteroatoms.